The van der Waals surface area contributed by atoms with Crippen LogP contribution in [-0.4, -0.2) is 44.5 Å². The Hall–Kier alpha value is -2.99. The summed E-state index contributed by atoms with van der Waals surface area (Å²) in [5.41, 5.74) is 3.28. The summed E-state index contributed by atoms with van der Waals surface area (Å²) in [5, 5.41) is 0. The highest BCUT2D eigenvalue weighted by atomic mass is 16.5. The average Bonchev–Trinajstić information content (AvgIpc) is 2.99. The number of carbonyl (C=O) groups is 2. The molecule has 0 aliphatic carbocycles. The van der Waals surface area contributed by atoms with Gasteiger partial charge in [0.15, 0.2) is 6.67 Å². The zero-order valence-electron chi connectivity index (χ0n) is 17.3. The average molecular weight is 394 g/mol. The predicted molar refractivity (Wildman–Crippen MR) is 114 cm³/mol. The maximum atomic E-state index is 13.1. The molecule has 0 bridgehead atoms. The van der Waals surface area contributed by atoms with Gasteiger partial charge in [-0.25, -0.2) is 9.79 Å². The molecule has 1 unspecified atom stereocenters. The van der Waals surface area contributed by atoms with Crippen LogP contribution < -0.4 is 9.80 Å². The molecule has 0 spiro atoms. The van der Waals surface area contributed by atoms with Crippen LogP contribution in [0.25, 0.3) is 0 Å². The Labute approximate surface area is 171 Å². The fraction of sp³-hybridized carbons (Fsp3) is 0.348. The number of hydrogen-bond acceptors (Lipinski definition) is 4. The smallest absolute Gasteiger partial charge is 0.338 e. The first kappa shape index (κ1) is 20.7. The van der Waals surface area contributed by atoms with Crippen molar-refractivity contribution < 1.29 is 19.2 Å². The topological polar surface area (TPSA) is 63.4 Å². The van der Waals surface area contributed by atoms with Gasteiger partial charge in [-0.3, -0.25) is 9.69 Å². The van der Waals surface area contributed by atoms with E-state index in [2.05, 4.69) is 19.0 Å². The van der Waals surface area contributed by atoms with Crippen LogP contribution in [0, 0.1) is 0 Å². The van der Waals surface area contributed by atoms with E-state index in [4.69, 9.17) is 4.74 Å². The SMILES string of the molecule is CCCC[NH+](C)CN1C(=O)C(=Nc2ccc(C(=O)OCC)cc2)c2ccccc21. The third-order valence-electron chi connectivity index (χ3n) is 4.90. The molecule has 2 aromatic carbocycles. The standard InChI is InChI=1S/C23H27N3O3/c1-4-6-15-25(3)16-26-20-10-8-7-9-19(20)21(22(26)27)24-18-13-11-17(12-14-18)23(28)29-5-2/h7-14H,4-6,15-16H2,1-3H3/p+1. The van der Waals surface area contributed by atoms with Crippen LogP contribution in [-0.2, 0) is 9.53 Å². The molecule has 0 radical (unpaired) electrons. The Balaban J connectivity index is 1.86. The third kappa shape index (κ3) is 4.71. The molecule has 1 amide bonds. The summed E-state index contributed by atoms with van der Waals surface area (Å²) in [6.45, 7) is 5.90. The van der Waals surface area contributed by atoms with Crippen molar-refractivity contribution >= 4 is 29.0 Å². The van der Waals surface area contributed by atoms with Crippen molar-refractivity contribution in [3.05, 3.63) is 59.7 Å². The molecule has 3 rings (SSSR count). The number of aliphatic imine (C=N–C) groups is 1. The minimum Gasteiger partial charge on any atom is -0.462 e. The molecule has 1 heterocycles. The van der Waals surface area contributed by atoms with Crippen LogP contribution in [0.2, 0.25) is 0 Å². The van der Waals surface area contributed by atoms with Gasteiger partial charge in [0.2, 0.25) is 0 Å². The fourth-order valence-corrected chi connectivity index (χ4v) is 3.37. The van der Waals surface area contributed by atoms with Crippen LogP contribution in [0.1, 0.15) is 42.6 Å². The van der Waals surface area contributed by atoms with Crippen molar-refractivity contribution in [2.24, 2.45) is 4.99 Å². The summed E-state index contributed by atoms with van der Waals surface area (Å²) in [4.78, 5) is 32.7. The Bertz CT molecular complexity index is 906. The van der Waals surface area contributed by atoms with Gasteiger partial charge in [-0.1, -0.05) is 31.5 Å². The number of nitrogens with zero attached hydrogens (tertiary/aromatic N) is 2. The number of carbonyl (C=O) groups excluding carboxylic acids is 2. The summed E-state index contributed by atoms with van der Waals surface area (Å²) in [6.07, 6.45) is 2.26. The molecular formula is C23H28N3O3+. The molecule has 152 valence electrons. The van der Waals surface area contributed by atoms with Crippen LogP contribution in [0.5, 0.6) is 0 Å². The summed E-state index contributed by atoms with van der Waals surface area (Å²) >= 11 is 0. The van der Waals surface area contributed by atoms with Crippen LogP contribution in [0.4, 0.5) is 11.4 Å². The number of hydrogen-bond donors (Lipinski definition) is 1. The third-order valence-corrected chi connectivity index (χ3v) is 4.90. The van der Waals surface area contributed by atoms with Crippen molar-refractivity contribution in [2.75, 3.05) is 31.8 Å². The molecule has 2 aromatic rings. The molecule has 0 saturated carbocycles. The van der Waals surface area contributed by atoms with Gasteiger partial charge in [-0.05, 0) is 43.7 Å². The van der Waals surface area contributed by atoms with Crippen LogP contribution in [0.15, 0.2) is 53.5 Å². The Morgan fingerprint density at radius 1 is 1.10 bits per heavy atom. The van der Waals surface area contributed by atoms with Crippen LogP contribution in [0.3, 0.4) is 0 Å². The van der Waals surface area contributed by atoms with Gasteiger partial charge in [0.25, 0.3) is 5.91 Å². The number of para-hydroxylation sites is 1. The minimum atomic E-state index is -0.363. The molecule has 29 heavy (non-hydrogen) atoms. The van der Waals surface area contributed by atoms with E-state index in [0.717, 1.165) is 30.6 Å². The van der Waals surface area contributed by atoms with Crippen molar-refractivity contribution in [1.29, 1.82) is 0 Å². The normalized spacial score (nSPS) is 15.5. The van der Waals surface area contributed by atoms with E-state index >= 15 is 0 Å². The first-order valence-electron chi connectivity index (χ1n) is 10.1. The number of quaternary nitrogens is 1. The number of rotatable bonds is 8. The maximum Gasteiger partial charge on any atom is 0.338 e. The van der Waals surface area contributed by atoms with E-state index in [1.165, 1.54) is 4.90 Å². The zero-order chi connectivity index (χ0) is 20.8. The lowest BCUT2D eigenvalue weighted by Crippen LogP contribution is -3.10. The van der Waals surface area contributed by atoms with E-state index in [-0.39, 0.29) is 11.9 Å². The second kappa shape index (κ2) is 9.47. The number of fused-ring (bicyclic) bond motifs is 1. The Morgan fingerprint density at radius 3 is 2.52 bits per heavy atom. The first-order chi connectivity index (χ1) is 14.0. The van der Waals surface area contributed by atoms with Gasteiger partial charge < -0.3 is 9.64 Å². The van der Waals surface area contributed by atoms with E-state index in [1.807, 2.05) is 29.2 Å². The van der Waals surface area contributed by atoms with Crippen molar-refractivity contribution in [2.45, 2.75) is 26.7 Å². The molecule has 1 atom stereocenters. The van der Waals surface area contributed by atoms with Gasteiger partial charge >= 0.3 is 5.97 Å². The molecule has 0 saturated heterocycles. The summed E-state index contributed by atoms with van der Waals surface area (Å²) in [7, 11) is 2.11. The maximum absolute atomic E-state index is 13.1. The van der Waals surface area contributed by atoms with Crippen LogP contribution >= 0.6 is 0 Å². The summed E-state index contributed by atoms with van der Waals surface area (Å²) < 4.78 is 5.01. The van der Waals surface area contributed by atoms with Gasteiger partial charge in [0.1, 0.15) is 5.71 Å². The number of ether oxygens (including phenoxy) is 1. The second-order valence-electron chi connectivity index (χ2n) is 7.20. The van der Waals surface area contributed by atoms with Gasteiger partial charge in [0, 0.05) is 5.56 Å². The molecule has 1 aliphatic rings. The summed E-state index contributed by atoms with van der Waals surface area (Å²) in [6, 6.07) is 14.6. The van der Waals surface area contributed by atoms with Gasteiger partial charge in [-0.15, -0.1) is 0 Å². The van der Waals surface area contributed by atoms with Gasteiger partial charge in [0.05, 0.1) is 37.1 Å². The van der Waals surface area contributed by atoms with Crippen molar-refractivity contribution in [3.63, 3.8) is 0 Å². The highest BCUT2D eigenvalue weighted by molar-refractivity contribution is 6.54. The van der Waals surface area contributed by atoms with E-state index in [9.17, 15) is 9.59 Å². The Kier molecular flexibility index (Phi) is 6.77. The number of benzene rings is 2. The number of anilines is 1. The van der Waals surface area contributed by atoms with Crippen molar-refractivity contribution in [3.8, 4) is 0 Å². The summed E-state index contributed by atoms with van der Waals surface area (Å²) in [5.74, 6) is -0.449. The lowest BCUT2D eigenvalue weighted by Gasteiger charge is -2.21. The zero-order valence-corrected chi connectivity index (χ0v) is 17.3. The molecule has 6 nitrogen and oxygen atoms in total. The van der Waals surface area contributed by atoms with Crippen molar-refractivity contribution in [1.82, 2.24) is 0 Å². The highest BCUT2D eigenvalue weighted by Gasteiger charge is 2.35. The Morgan fingerprint density at radius 2 is 1.83 bits per heavy atom. The van der Waals surface area contributed by atoms with E-state index in [1.54, 1.807) is 31.2 Å². The minimum absolute atomic E-state index is 0.0866. The number of esters is 1. The monoisotopic (exact) mass is 394 g/mol. The molecule has 1 N–H and O–H groups in total. The number of unbranched alkanes of at least 4 members (excludes halogenated alkanes) is 1. The molecule has 0 aromatic heterocycles. The second-order valence-corrected chi connectivity index (χ2v) is 7.20. The largest absolute Gasteiger partial charge is 0.462 e. The van der Waals surface area contributed by atoms with E-state index in [0.29, 0.717) is 30.2 Å². The van der Waals surface area contributed by atoms with Gasteiger partial charge in [-0.2, -0.15) is 0 Å². The number of nitrogens with one attached hydrogen (secondary N) is 1. The quantitative estimate of drug-likeness (QED) is 0.700. The lowest BCUT2D eigenvalue weighted by molar-refractivity contribution is -0.878. The fourth-order valence-electron chi connectivity index (χ4n) is 3.37. The molecule has 0 fully saturated rings. The number of amides is 1. The molecule has 6 heteroatoms. The highest BCUT2D eigenvalue weighted by Crippen LogP contribution is 2.30. The predicted octanol–water partition coefficient (Wildman–Crippen LogP) is 2.60. The lowest BCUT2D eigenvalue weighted by atomic mass is 10.1. The van der Waals surface area contributed by atoms with E-state index < -0.39 is 0 Å². The molecular weight excluding hydrogens is 366 g/mol. The molecule has 1 aliphatic heterocycles. The first-order valence-corrected chi connectivity index (χ1v) is 10.1.